The number of unbranched alkanes of at least 4 members (excludes halogenated alkanes) is 13. The molecule has 178 valence electrons. The number of hydrogen-bond acceptors (Lipinski definition) is 4. The lowest BCUT2D eigenvalue weighted by Crippen LogP contribution is -2.48. The van der Waals surface area contributed by atoms with E-state index in [1.54, 1.807) is 0 Å². The van der Waals surface area contributed by atoms with E-state index in [2.05, 4.69) is 26.1 Å². The smallest absolute Gasteiger partial charge is 0.268 e. The summed E-state index contributed by atoms with van der Waals surface area (Å²) in [6.45, 7) is 5.37. The summed E-state index contributed by atoms with van der Waals surface area (Å²) >= 11 is 0. The lowest BCUT2D eigenvalue weighted by atomic mass is 10.0. The third-order valence-corrected chi connectivity index (χ3v) is 7.17. The lowest BCUT2D eigenvalue weighted by molar-refractivity contribution is -0.905. The molecule has 0 saturated heterocycles. The maximum atomic E-state index is 11.9. The highest BCUT2D eigenvalue weighted by Crippen LogP contribution is 2.38. The van der Waals surface area contributed by atoms with Gasteiger partial charge < -0.3 is 18.4 Å². The van der Waals surface area contributed by atoms with Crippen LogP contribution in [0.2, 0.25) is 0 Å². The molecule has 0 radical (unpaired) electrons. The fourth-order valence-electron chi connectivity index (χ4n) is 4.01. The number of likely N-dealkylation sites (N-methyl/N-ethyl adjacent to an activating group) is 1. The zero-order chi connectivity index (χ0) is 22.0. The zero-order valence-electron chi connectivity index (χ0n) is 19.8. The molecule has 0 aromatic heterocycles. The molecule has 0 spiro atoms. The molecule has 0 aliphatic carbocycles. The van der Waals surface area contributed by atoms with E-state index in [4.69, 9.17) is 9.05 Å². The summed E-state index contributed by atoms with van der Waals surface area (Å²) in [5.41, 5.74) is 0. The molecular formula is C24H48NO4P. The molecule has 0 aromatic carbocycles. The normalized spacial score (nSPS) is 21.0. The van der Waals surface area contributed by atoms with Gasteiger partial charge in [0, 0.05) is 6.42 Å². The molecule has 0 N–H and O–H groups in total. The van der Waals surface area contributed by atoms with E-state index < -0.39 is 7.82 Å². The third kappa shape index (κ3) is 15.6. The molecule has 0 fully saturated rings. The molecule has 0 bridgehead atoms. The molecule has 1 aliphatic heterocycles. The summed E-state index contributed by atoms with van der Waals surface area (Å²) in [4.78, 5) is 11.9. The minimum atomic E-state index is -4.15. The van der Waals surface area contributed by atoms with Gasteiger partial charge >= 0.3 is 0 Å². The van der Waals surface area contributed by atoms with Crippen LogP contribution in [0.25, 0.3) is 0 Å². The second-order valence-electron chi connectivity index (χ2n) is 9.22. The Hall–Kier alpha value is -0.190. The van der Waals surface area contributed by atoms with Gasteiger partial charge in [0.15, 0.2) is 0 Å². The van der Waals surface area contributed by atoms with Crippen molar-refractivity contribution >= 4 is 7.82 Å². The highest BCUT2D eigenvalue weighted by atomic mass is 31.2. The molecule has 0 aromatic rings. The Kier molecular flexibility index (Phi) is 16.1. The van der Waals surface area contributed by atoms with Crippen LogP contribution in [0, 0.1) is 0 Å². The maximum absolute atomic E-state index is 11.9. The average molecular weight is 446 g/mol. The number of quaternary nitrogens is 1. The van der Waals surface area contributed by atoms with E-state index in [1.807, 2.05) is 0 Å². The number of phosphoric acid groups is 1. The van der Waals surface area contributed by atoms with E-state index in [-0.39, 0.29) is 13.2 Å². The number of nitrogens with zero attached hydrogens (tertiary/aromatic N) is 1. The van der Waals surface area contributed by atoms with Crippen LogP contribution in [0.4, 0.5) is 0 Å². The van der Waals surface area contributed by atoms with Gasteiger partial charge in [-0.05, 0) is 12.5 Å². The number of hydrogen-bond donors (Lipinski definition) is 0. The van der Waals surface area contributed by atoms with E-state index in [9.17, 15) is 9.46 Å². The number of phosphoric ester groups is 1. The molecule has 30 heavy (non-hydrogen) atoms. The summed E-state index contributed by atoms with van der Waals surface area (Å²) in [7, 11) is -2.02. The van der Waals surface area contributed by atoms with Crippen LogP contribution in [-0.2, 0) is 13.6 Å². The molecule has 0 amide bonds. The van der Waals surface area contributed by atoms with Gasteiger partial charge in [0.2, 0.25) is 0 Å². The van der Waals surface area contributed by atoms with Gasteiger partial charge in [-0.3, -0.25) is 4.57 Å². The fraction of sp³-hybridized carbons (Fsp3) is 0.917. The van der Waals surface area contributed by atoms with Crippen LogP contribution >= 0.6 is 7.82 Å². The third-order valence-electron chi connectivity index (χ3n) is 6.18. The van der Waals surface area contributed by atoms with Crippen molar-refractivity contribution in [2.24, 2.45) is 0 Å². The second-order valence-corrected chi connectivity index (χ2v) is 10.6. The van der Waals surface area contributed by atoms with E-state index >= 15 is 0 Å². The Morgan fingerprint density at radius 3 is 1.80 bits per heavy atom. The van der Waals surface area contributed by atoms with Gasteiger partial charge in [0.25, 0.3) is 7.82 Å². The Bertz CT molecular complexity index is 486. The van der Waals surface area contributed by atoms with Crippen molar-refractivity contribution < 1.29 is 23.0 Å². The largest absolute Gasteiger partial charge is 0.756 e. The Morgan fingerprint density at radius 1 is 0.800 bits per heavy atom. The monoisotopic (exact) mass is 445 g/mol. The fourth-order valence-corrected chi connectivity index (χ4v) is 4.74. The summed E-state index contributed by atoms with van der Waals surface area (Å²) in [5, 5.41) is 0. The summed E-state index contributed by atoms with van der Waals surface area (Å²) < 4.78 is 22.8. The molecule has 1 heterocycles. The van der Waals surface area contributed by atoms with Crippen LogP contribution in [0.5, 0.6) is 0 Å². The van der Waals surface area contributed by atoms with Crippen LogP contribution in [0.3, 0.4) is 0 Å². The van der Waals surface area contributed by atoms with Gasteiger partial charge in [-0.2, -0.15) is 0 Å². The molecule has 2 unspecified atom stereocenters. The Morgan fingerprint density at radius 2 is 1.30 bits per heavy atom. The molecule has 1 rings (SSSR count). The van der Waals surface area contributed by atoms with Crippen LogP contribution < -0.4 is 4.89 Å². The zero-order valence-corrected chi connectivity index (χ0v) is 20.7. The van der Waals surface area contributed by atoms with Crippen molar-refractivity contribution in [3.63, 3.8) is 0 Å². The molecule has 2 atom stereocenters. The summed E-state index contributed by atoms with van der Waals surface area (Å²) in [6.07, 6.45) is 23.3. The van der Waals surface area contributed by atoms with Crippen molar-refractivity contribution in [1.29, 1.82) is 0 Å². The van der Waals surface area contributed by atoms with Crippen molar-refractivity contribution in [2.75, 3.05) is 39.9 Å². The highest BCUT2D eigenvalue weighted by molar-refractivity contribution is 7.45. The Labute approximate surface area is 186 Å². The van der Waals surface area contributed by atoms with Crippen LogP contribution in [0.15, 0.2) is 12.2 Å². The van der Waals surface area contributed by atoms with Crippen molar-refractivity contribution in [2.45, 2.75) is 103 Å². The van der Waals surface area contributed by atoms with Crippen LogP contribution in [0.1, 0.15) is 103 Å². The SMILES string of the molecule is CCCCCCCCCCCCCCCCOP(=O)([O-])OCC[N+]1(C)CC=CCC1. The molecule has 6 heteroatoms. The van der Waals surface area contributed by atoms with Crippen molar-refractivity contribution in [3.8, 4) is 0 Å². The predicted octanol–water partition coefficient (Wildman–Crippen LogP) is 6.38. The first-order valence-electron chi connectivity index (χ1n) is 12.6. The van der Waals surface area contributed by atoms with Gasteiger partial charge in [-0.15, -0.1) is 0 Å². The summed E-state index contributed by atoms with van der Waals surface area (Å²) in [5.74, 6) is 0. The number of rotatable bonds is 20. The first kappa shape index (κ1) is 27.8. The minimum absolute atomic E-state index is 0.198. The standard InChI is InChI=1S/C24H48NO4P/c1-3-4-5-6-7-8-9-10-11-12-13-14-15-19-23-28-30(26,27)29-24-22-25(2)20-17-16-18-21-25/h16-17H,3-15,18-24H2,1-2H3. The van der Waals surface area contributed by atoms with E-state index in [0.717, 1.165) is 43.3 Å². The van der Waals surface area contributed by atoms with Crippen molar-refractivity contribution in [3.05, 3.63) is 12.2 Å². The van der Waals surface area contributed by atoms with E-state index in [0.29, 0.717) is 6.54 Å². The highest BCUT2D eigenvalue weighted by Gasteiger charge is 2.22. The predicted molar refractivity (Wildman–Crippen MR) is 124 cm³/mol. The molecule has 1 aliphatic rings. The molecular weight excluding hydrogens is 397 g/mol. The quantitative estimate of drug-likeness (QED) is 0.0945. The van der Waals surface area contributed by atoms with Crippen molar-refractivity contribution in [1.82, 2.24) is 0 Å². The maximum Gasteiger partial charge on any atom is 0.268 e. The molecule has 5 nitrogen and oxygen atoms in total. The average Bonchev–Trinajstić information content (AvgIpc) is 2.71. The second kappa shape index (κ2) is 17.4. The first-order chi connectivity index (χ1) is 14.5. The summed E-state index contributed by atoms with van der Waals surface area (Å²) in [6, 6.07) is 0. The van der Waals surface area contributed by atoms with Crippen LogP contribution in [-0.4, -0.2) is 44.4 Å². The van der Waals surface area contributed by atoms with Gasteiger partial charge in [0.05, 0.1) is 26.7 Å². The topological polar surface area (TPSA) is 58.6 Å². The Balaban J connectivity index is 1.86. The molecule has 0 saturated carbocycles. The minimum Gasteiger partial charge on any atom is -0.756 e. The lowest BCUT2D eigenvalue weighted by Gasteiger charge is -2.36. The van der Waals surface area contributed by atoms with Gasteiger partial charge in [-0.1, -0.05) is 96.5 Å². The first-order valence-corrected chi connectivity index (χ1v) is 14.0. The van der Waals surface area contributed by atoms with E-state index in [1.165, 1.54) is 70.6 Å². The van der Waals surface area contributed by atoms with Gasteiger partial charge in [-0.25, -0.2) is 0 Å². The van der Waals surface area contributed by atoms with Gasteiger partial charge in [0.1, 0.15) is 13.2 Å².